The summed E-state index contributed by atoms with van der Waals surface area (Å²) in [7, 11) is 2.69. The van der Waals surface area contributed by atoms with Crippen molar-refractivity contribution in [2.24, 2.45) is 23.7 Å². The van der Waals surface area contributed by atoms with E-state index >= 15 is 0 Å². The molecule has 4 heterocycles. The highest BCUT2D eigenvalue weighted by Crippen LogP contribution is 2.52. The molecule has 4 N–H and O–H groups in total. The Morgan fingerprint density at radius 2 is 0.938 bits per heavy atom. The lowest BCUT2D eigenvalue weighted by molar-refractivity contribution is -0.139. The number of carbonyl (C=O) groups is 4. The summed E-state index contributed by atoms with van der Waals surface area (Å²) in [6.07, 6.45) is 17.4. The van der Waals surface area contributed by atoms with Gasteiger partial charge in [-0.2, -0.15) is 0 Å². The first kappa shape index (κ1) is 52.7. The molecule has 2 saturated heterocycles. The molecule has 6 fully saturated rings. The van der Waals surface area contributed by atoms with E-state index in [-0.39, 0.29) is 47.8 Å². The Kier molecular flexibility index (Phi) is 14.0. The molecule has 2 aliphatic heterocycles. The van der Waals surface area contributed by atoms with Gasteiger partial charge in [-0.25, -0.2) is 19.6 Å². The third-order valence-corrected chi connectivity index (χ3v) is 19.8. The van der Waals surface area contributed by atoms with Gasteiger partial charge >= 0.3 is 12.2 Å². The van der Waals surface area contributed by atoms with Crippen LogP contribution in [0, 0.1) is 23.7 Å². The Bertz CT molecular complexity index is 3170. The molecule has 80 heavy (non-hydrogen) atoms. The summed E-state index contributed by atoms with van der Waals surface area (Å²) in [5.41, 5.74) is 17.2. The number of nitrogens with one attached hydrogen (secondary N) is 4. The lowest BCUT2D eigenvalue weighted by Crippen LogP contribution is -2.53. The zero-order valence-corrected chi connectivity index (χ0v) is 47.7. The van der Waals surface area contributed by atoms with Crippen molar-refractivity contribution >= 4 is 46.1 Å². The lowest BCUT2D eigenvalue weighted by Gasteiger charge is -2.36. The standard InChI is InChI=1S/C66H80N8O6/c1-35(2)59(71-65(77)79-5)63(75)73-55-13-9-7-11-43(55)29-57(73)61-67-51-31-47(41-23-24-41)49(33-53(51)69-61)45-27-37-15-19-39(45)21-17-38-16-20-40(22-18-37)46(28-38)50-34-54-52(32-48(50)42-25-26-42)68-62(70-54)58-30-44-12-8-10-14-56(44)74(58)64(76)60(36(3)4)72-66(78)80-6/h15-16,19-20,27-28,31-36,41-44,55-60H,7-14,17-18,21-26,29-30H2,1-6H3,(H,67,69)(H,68,70)(H,71,77)(H,72,78)/t43-,44-,55-,56-,57-,58-,59-,60-/m0/s1. The number of aromatic amines is 2. The van der Waals surface area contributed by atoms with E-state index in [4.69, 9.17) is 19.4 Å². The van der Waals surface area contributed by atoms with Crippen LogP contribution in [0.3, 0.4) is 0 Å². The number of H-pyrrole nitrogens is 2. The number of nitrogens with zero attached hydrogens (tertiary/aromatic N) is 4. The van der Waals surface area contributed by atoms with Gasteiger partial charge < -0.3 is 39.9 Å². The highest BCUT2D eigenvalue weighted by Gasteiger charge is 2.50. The van der Waals surface area contributed by atoms with E-state index in [1.54, 1.807) is 0 Å². The molecule has 0 unspecified atom stereocenters. The van der Waals surface area contributed by atoms with Gasteiger partial charge in [0.25, 0.3) is 0 Å². The summed E-state index contributed by atoms with van der Waals surface area (Å²) in [5.74, 6) is 3.13. The molecule has 14 heteroatoms. The Morgan fingerprint density at radius 3 is 1.32 bits per heavy atom. The van der Waals surface area contributed by atoms with Crippen LogP contribution in [-0.4, -0.2) is 92.1 Å². The molecule has 4 aromatic carbocycles. The fourth-order valence-electron chi connectivity index (χ4n) is 15.2. The second-order valence-corrected chi connectivity index (χ2v) is 25.6. The van der Waals surface area contributed by atoms with Crippen molar-refractivity contribution in [2.75, 3.05) is 14.2 Å². The number of alkyl carbamates (subject to hydrolysis) is 2. The number of aryl methyl sites for hydroxylation is 4. The number of hydrogen-bond acceptors (Lipinski definition) is 8. The fourth-order valence-corrected chi connectivity index (χ4v) is 15.2. The summed E-state index contributed by atoms with van der Waals surface area (Å²) < 4.78 is 9.97. The number of fused-ring (bicyclic) bond motifs is 4. The normalized spacial score (nSPS) is 24.4. The molecule has 4 amide bonds. The summed E-state index contributed by atoms with van der Waals surface area (Å²) >= 11 is 0. The molecule has 0 spiro atoms. The molecular weight excluding hydrogens is 1000 g/mol. The molecule has 4 bridgehead atoms. The maximum atomic E-state index is 14.7. The molecule has 10 aliphatic rings. The lowest BCUT2D eigenvalue weighted by atomic mass is 9.84. The van der Waals surface area contributed by atoms with Crippen LogP contribution in [0.4, 0.5) is 9.59 Å². The SMILES string of the molecule is COC(=O)N[C@H](C(=O)N1[C@H](c2nc3cc(-c4cc5ccc4CCc4ccc(c(-c6cc7nc([C@@H]8C[C@@H]9CCCC[C@@H]9N8C(=O)[C@@H](NC(=O)OC)C(C)C)[nH]c7cc6C6CC6)c4)CC5)c(C4CC4)cc3[nH]2)C[C@@H]2CCCC[C@@H]21)C(C)C. The van der Waals surface area contributed by atoms with E-state index in [9.17, 15) is 19.2 Å². The molecule has 4 saturated carbocycles. The van der Waals surface area contributed by atoms with Gasteiger partial charge in [-0.05, 0) is 205 Å². The first-order valence-electron chi connectivity index (χ1n) is 30.5. The number of amides is 4. The van der Waals surface area contributed by atoms with Crippen LogP contribution in [0.2, 0.25) is 0 Å². The molecule has 6 aromatic rings. The molecule has 2 aromatic heterocycles. The first-order chi connectivity index (χ1) is 38.8. The van der Waals surface area contributed by atoms with E-state index in [1.807, 2.05) is 27.7 Å². The zero-order valence-electron chi connectivity index (χ0n) is 47.7. The van der Waals surface area contributed by atoms with Crippen molar-refractivity contribution in [3.05, 3.63) is 106 Å². The van der Waals surface area contributed by atoms with Gasteiger partial charge in [0.2, 0.25) is 11.8 Å². The highest BCUT2D eigenvalue weighted by atomic mass is 16.5. The molecule has 8 aliphatic carbocycles. The maximum absolute atomic E-state index is 14.7. The van der Waals surface area contributed by atoms with Gasteiger partial charge in [-0.3, -0.25) is 9.59 Å². The average Bonchev–Trinajstić information content (AvgIpc) is 4.36. The second kappa shape index (κ2) is 21.3. The van der Waals surface area contributed by atoms with Gasteiger partial charge in [0.1, 0.15) is 23.7 Å². The third-order valence-electron chi connectivity index (χ3n) is 19.8. The smallest absolute Gasteiger partial charge is 0.407 e. The number of imidazole rings is 2. The van der Waals surface area contributed by atoms with E-state index < -0.39 is 24.3 Å². The molecular formula is C66H80N8O6. The molecule has 14 nitrogen and oxygen atoms in total. The minimum atomic E-state index is -0.693. The van der Waals surface area contributed by atoms with Crippen LogP contribution < -0.4 is 10.6 Å². The number of ether oxygens (including phenoxy) is 2. The van der Waals surface area contributed by atoms with E-state index in [0.29, 0.717) is 23.7 Å². The van der Waals surface area contributed by atoms with Crippen LogP contribution >= 0.6 is 0 Å². The van der Waals surface area contributed by atoms with Crippen molar-refractivity contribution in [3.63, 3.8) is 0 Å². The van der Waals surface area contributed by atoms with Crippen molar-refractivity contribution in [1.29, 1.82) is 0 Å². The van der Waals surface area contributed by atoms with Gasteiger partial charge in [-0.15, -0.1) is 0 Å². The van der Waals surface area contributed by atoms with Crippen LogP contribution in [0.5, 0.6) is 0 Å². The summed E-state index contributed by atoms with van der Waals surface area (Å²) in [4.78, 5) is 77.0. The van der Waals surface area contributed by atoms with Crippen LogP contribution in [0.15, 0.2) is 60.7 Å². The average molecular weight is 1080 g/mol. The minimum Gasteiger partial charge on any atom is -0.453 e. The molecule has 420 valence electrons. The third kappa shape index (κ3) is 9.83. The fraction of sp³-hybridized carbons (Fsp3) is 0.545. The van der Waals surface area contributed by atoms with Gasteiger partial charge in [0, 0.05) is 12.1 Å². The van der Waals surface area contributed by atoms with Crippen LogP contribution in [0.25, 0.3) is 44.3 Å². The Labute approximate surface area is 470 Å². The number of carbonyl (C=O) groups excluding carboxylic acids is 4. The molecule has 8 atom stereocenters. The summed E-state index contributed by atoms with van der Waals surface area (Å²) in [6.45, 7) is 7.92. The minimum absolute atomic E-state index is 0.0515. The van der Waals surface area contributed by atoms with Crippen LogP contribution in [0.1, 0.15) is 187 Å². The largest absolute Gasteiger partial charge is 0.453 e. The molecule has 16 rings (SSSR count). The number of benzene rings is 4. The second-order valence-electron chi connectivity index (χ2n) is 25.6. The van der Waals surface area contributed by atoms with Crippen molar-refractivity contribution in [3.8, 4) is 22.3 Å². The summed E-state index contributed by atoms with van der Waals surface area (Å²) in [5, 5.41) is 5.75. The highest BCUT2D eigenvalue weighted by molar-refractivity contribution is 5.90. The maximum Gasteiger partial charge on any atom is 0.407 e. The summed E-state index contributed by atoms with van der Waals surface area (Å²) in [6, 6.07) is 22.3. The Hall–Kier alpha value is -6.70. The van der Waals surface area contributed by atoms with Gasteiger partial charge in [-0.1, -0.05) is 89.8 Å². The predicted octanol–water partition coefficient (Wildman–Crippen LogP) is 12.8. The van der Waals surface area contributed by atoms with Crippen molar-refractivity contribution in [1.82, 2.24) is 40.4 Å². The number of aromatic nitrogens is 4. The van der Waals surface area contributed by atoms with Crippen LogP contribution in [-0.2, 0) is 44.7 Å². The van der Waals surface area contributed by atoms with Gasteiger partial charge in [0.15, 0.2) is 0 Å². The topological polar surface area (TPSA) is 175 Å². The number of methoxy groups -OCH3 is 2. The monoisotopic (exact) mass is 1080 g/mol. The Morgan fingerprint density at radius 1 is 0.525 bits per heavy atom. The zero-order chi connectivity index (χ0) is 55.1. The number of likely N-dealkylation sites (tertiary alicyclic amines) is 2. The number of rotatable bonds is 12. The quantitative estimate of drug-likeness (QED) is 0.0937. The van der Waals surface area contributed by atoms with Crippen molar-refractivity contribution in [2.45, 2.75) is 191 Å². The van der Waals surface area contributed by atoms with E-state index in [2.05, 4.69) is 91.1 Å². The molecule has 0 radical (unpaired) electrons. The van der Waals surface area contributed by atoms with Crippen molar-refractivity contribution < 1.29 is 28.7 Å². The van der Waals surface area contributed by atoms with E-state index in [0.717, 1.165) is 111 Å². The Balaban J connectivity index is 0.813. The first-order valence-corrected chi connectivity index (χ1v) is 30.5. The number of hydrogen-bond donors (Lipinski definition) is 4. The van der Waals surface area contributed by atoms with Gasteiger partial charge in [0.05, 0.1) is 48.4 Å². The van der Waals surface area contributed by atoms with E-state index in [1.165, 1.54) is 108 Å². The predicted molar refractivity (Wildman–Crippen MR) is 310 cm³/mol.